The standard InChI is InChI=1S/C21H23N3O3S2/c1-14(15-3-4-15)24(17-5-7-18(27-2)8-6-17)20(26)13-28-12-16-11-19(25)23-9-10-29-21(23)22-16/h5-11,14-15H,3-4,12-13H2,1-2H3. The van der Waals surface area contributed by atoms with Crippen molar-refractivity contribution >= 4 is 39.7 Å². The van der Waals surface area contributed by atoms with Crippen molar-refractivity contribution < 1.29 is 9.53 Å². The Kier molecular flexibility index (Phi) is 5.91. The molecule has 1 aliphatic carbocycles. The Morgan fingerprint density at radius 3 is 2.83 bits per heavy atom. The Morgan fingerprint density at radius 1 is 1.38 bits per heavy atom. The molecule has 0 spiro atoms. The molecule has 1 fully saturated rings. The Labute approximate surface area is 177 Å². The molecule has 6 nitrogen and oxygen atoms in total. The van der Waals surface area contributed by atoms with E-state index < -0.39 is 0 Å². The molecule has 2 aromatic heterocycles. The van der Waals surface area contributed by atoms with E-state index in [2.05, 4.69) is 11.9 Å². The Morgan fingerprint density at radius 2 is 2.14 bits per heavy atom. The van der Waals surface area contributed by atoms with E-state index in [1.807, 2.05) is 34.5 Å². The van der Waals surface area contributed by atoms with E-state index in [0.29, 0.717) is 28.1 Å². The van der Waals surface area contributed by atoms with Crippen LogP contribution in [0.4, 0.5) is 5.69 Å². The number of amides is 1. The van der Waals surface area contributed by atoms with Crippen LogP contribution in [0.2, 0.25) is 0 Å². The zero-order valence-electron chi connectivity index (χ0n) is 16.4. The zero-order valence-corrected chi connectivity index (χ0v) is 18.0. The third kappa shape index (κ3) is 4.48. The second-order valence-corrected chi connectivity index (χ2v) is 9.03. The van der Waals surface area contributed by atoms with Crippen LogP contribution in [0, 0.1) is 5.92 Å². The fourth-order valence-electron chi connectivity index (χ4n) is 3.41. The minimum absolute atomic E-state index is 0.0773. The highest BCUT2D eigenvalue weighted by atomic mass is 32.2. The highest BCUT2D eigenvalue weighted by Gasteiger charge is 2.35. The molecule has 1 aliphatic rings. The van der Waals surface area contributed by atoms with Crippen LogP contribution >= 0.6 is 23.1 Å². The van der Waals surface area contributed by atoms with Gasteiger partial charge >= 0.3 is 0 Å². The molecule has 3 aromatic rings. The lowest BCUT2D eigenvalue weighted by molar-refractivity contribution is -0.116. The van der Waals surface area contributed by atoms with Gasteiger partial charge in [-0.25, -0.2) is 4.98 Å². The van der Waals surface area contributed by atoms with Crippen LogP contribution in [0.15, 0.2) is 46.7 Å². The van der Waals surface area contributed by atoms with Crippen molar-refractivity contribution in [2.24, 2.45) is 5.92 Å². The smallest absolute Gasteiger partial charge is 0.258 e. The van der Waals surface area contributed by atoms with Crippen molar-refractivity contribution in [1.29, 1.82) is 0 Å². The summed E-state index contributed by atoms with van der Waals surface area (Å²) in [5.41, 5.74) is 1.52. The third-order valence-electron chi connectivity index (χ3n) is 5.16. The van der Waals surface area contributed by atoms with Crippen molar-refractivity contribution in [3.8, 4) is 5.75 Å². The first kappa shape index (κ1) is 20.0. The first-order valence-electron chi connectivity index (χ1n) is 9.56. The molecule has 29 heavy (non-hydrogen) atoms. The number of thiazole rings is 1. The van der Waals surface area contributed by atoms with Crippen LogP contribution in [0.3, 0.4) is 0 Å². The Hall–Kier alpha value is -2.32. The normalized spacial score (nSPS) is 14.7. The van der Waals surface area contributed by atoms with Gasteiger partial charge in [0.1, 0.15) is 5.75 Å². The van der Waals surface area contributed by atoms with Crippen molar-refractivity contribution in [1.82, 2.24) is 9.38 Å². The van der Waals surface area contributed by atoms with Crippen LogP contribution in [-0.4, -0.2) is 34.2 Å². The summed E-state index contributed by atoms with van der Waals surface area (Å²) in [5.74, 6) is 2.29. The summed E-state index contributed by atoms with van der Waals surface area (Å²) in [6, 6.07) is 9.36. The predicted molar refractivity (Wildman–Crippen MR) is 118 cm³/mol. The first-order chi connectivity index (χ1) is 14.1. The van der Waals surface area contributed by atoms with Crippen molar-refractivity contribution in [3.63, 3.8) is 0 Å². The molecule has 1 unspecified atom stereocenters. The molecule has 0 aliphatic heterocycles. The van der Waals surface area contributed by atoms with Crippen LogP contribution < -0.4 is 15.2 Å². The maximum Gasteiger partial charge on any atom is 0.258 e. The molecule has 8 heteroatoms. The predicted octanol–water partition coefficient (Wildman–Crippen LogP) is 3.83. The summed E-state index contributed by atoms with van der Waals surface area (Å²) >= 11 is 2.92. The molecule has 0 radical (unpaired) electrons. The molecule has 4 rings (SSSR count). The number of hydrogen-bond donors (Lipinski definition) is 0. The Bertz CT molecular complexity index is 1060. The van der Waals surface area contributed by atoms with Gasteiger partial charge in [0.2, 0.25) is 5.91 Å². The van der Waals surface area contributed by atoms with E-state index in [-0.39, 0.29) is 17.5 Å². The van der Waals surface area contributed by atoms with Crippen LogP contribution in [0.1, 0.15) is 25.5 Å². The molecule has 1 amide bonds. The number of methoxy groups -OCH3 is 1. The average Bonchev–Trinajstić information content (AvgIpc) is 3.46. The SMILES string of the molecule is COc1ccc(N(C(=O)CSCc2cc(=O)n3ccsc3n2)C(C)C2CC2)cc1. The number of fused-ring (bicyclic) bond motifs is 1. The molecule has 0 bridgehead atoms. The molecular formula is C21H23N3O3S2. The number of nitrogens with zero attached hydrogens (tertiary/aromatic N) is 3. The summed E-state index contributed by atoms with van der Waals surface area (Å²) in [5, 5.41) is 1.84. The minimum Gasteiger partial charge on any atom is -0.497 e. The van der Waals surface area contributed by atoms with E-state index in [9.17, 15) is 9.59 Å². The average molecular weight is 430 g/mol. The molecule has 2 heterocycles. The maximum atomic E-state index is 13.1. The van der Waals surface area contributed by atoms with Gasteiger partial charge in [0.05, 0.1) is 18.6 Å². The van der Waals surface area contributed by atoms with E-state index >= 15 is 0 Å². The second-order valence-electron chi connectivity index (χ2n) is 7.17. The van der Waals surface area contributed by atoms with Crippen molar-refractivity contribution in [3.05, 3.63) is 58.0 Å². The summed E-state index contributed by atoms with van der Waals surface area (Å²) in [6.45, 7) is 2.12. The van der Waals surface area contributed by atoms with Crippen molar-refractivity contribution in [2.45, 2.75) is 31.6 Å². The molecule has 1 aromatic carbocycles. The lowest BCUT2D eigenvalue weighted by atomic mass is 10.1. The van der Waals surface area contributed by atoms with E-state index in [4.69, 9.17) is 4.74 Å². The molecular weight excluding hydrogens is 406 g/mol. The summed E-state index contributed by atoms with van der Waals surface area (Å²) < 4.78 is 6.77. The fraction of sp³-hybridized carbons (Fsp3) is 0.381. The first-order valence-corrected chi connectivity index (χ1v) is 11.6. The minimum atomic E-state index is -0.0830. The lowest BCUT2D eigenvalue weighted by Crippen LogP contribution is -2.41. The summed E-state index contributed by atoms with van der Waals surface area (Å²) in [4.78, 5) is 32.3. The number of carbonyl (C=O) groups excluding carboxylic acids is 1. The highest BCUT2D eigenvalue weighted by Crippen LogP contribution is 2.37. The summed E-state index contributed by atoms with van der Waals surface area (Å²) in [7, 11) is 1.63. The third-order valence-corrected chi connectivity index (χ3v) is 6.87. The molecule has 1 saturated carbocycles. The number of hydrogen-bond acceptors (Lipinski definition) is 6. The van der Waals surface area contributed by atoms with E-state index in [1.54, 1.807) is 19.4 Å². The quantitative estimate of drug-likeness (QED) is 0.545. The topological polar surface area (TPSA) is 63.9 Å². The fourth-order valence-corrected chi connectivity index (χ4v) is 4.92. The van der Waals surface area contributed by atoms with Gasteiger partial charge in [-0.3, -0.25) is 14.0 Å². The Balaban J connectivity index is 1.44. The number of benzene rings is 1. The maximum absolute atomic E-state index is 13.1. The monoisotopic (exact) mass is 429 g/mol. The van der Waals surface area contributed by atoms with Gasteiger partial charge < -0.3 is 9.64 Å². The van der Waals surface area contributed by atoms with Crippen molar-refractivity contribution in [2.75, 3.05) is 17.8 Å². The van der Waals surface area contributed by atoms with Gasteiger partial charge in [0.25, 0.3) is 5.56 Å². The second kappa shape index (κ2) is 8.59. The van der Waals surface area contributed by atoms with Crippen LogP contribution in [0.25, 0.3) is 4.96 Å². The van der Waals surface area contributed by atoms with E-state index in [1.165, 1.54) is 40.3 Å². The summed E-state index contributed by atoms with van der Waals surface area (Å²) in [6.07, 6.45) is 4.06. The van der Waals surface area contributed by atoms with Gasteiger partial charge in [0.15, 0.2) is 4.96 Å². The largest absolute Gasteiger partial charge is 0.497 e. The van der Waals surface area contributed by atoms with Crippen LogP contribution in [0.5, 0.6) is 5.75 Å². The van der Waals surface area contributed by atoms with Crippen LogP contribution in [-0.2, 0) is 10.5 Å². The highest BCUT2D eigenvalue weighted by molar-refractivity contribution is 7.99. The van der Waals surface area contributed by atoms with Gasteiger partial charge in [0, 0.05) is 35.1 Å². The lowest BCUT2D eigenvalue weighted by Gasteiger charge is -2.29. The number of anilines is 1. The number of carbonyl (C=O) groups is 1. The van der Waals surface area contributed by atoms with Gasteiger partial charge in [-0.05, 0) is 49.9 Å². The number of ether oxygens (including phenoxy) is 1. The molecule has 0 saturated heterocycles. The van der Waals surface area contributed by atoms with Gasteiger partial charge in [-0.1, -0.05) is 0 Å². The molecule has 1 atom stereocenters. The van der Waals surface area contributed by atoms with Gasteiger partial charge in [-0.15, -0.1) is 23.1 Å². The molecule has 0 N–H and O–H groups in total. The number of aromatic nitrogens is 2. The number of thioether (sulfide) groups is 1. The van der Waals surface area contributed by atoms with Gasteiger partial charge in [-0.2, -0.15) is 0 Å². The number of rotatable bonds is 8. The zero-order chi connectivity index (χ0) is 20.4. The van der Waals surface area contributed by atoms with E-state index in [0.717, 1.165) is 11.4 Å². The molecule has 152 valence electrons.